The molecule has 0 aromatic carbocycles. The number of carbonyl (C=O) groups excluding carboxylic acids is 3. The molecule has 0 aromatic heterocycles. The fraction of sp³-hybridized carbons (Fsp3) is 0.727. The van der Waals surface area contributed by atoms with Gasteiger partial charge in [-0.25, -0.2) is 4.79 Å². The van der Waals surface area contributed by atoms with Crippen molar-refractivity contribution in [1.82, 2.24) is 10.2 Å². The van der Waals surface area contributed by atoms with Gasteiger partial charge in [-0.15, -0.1) is 0 Å². The highest BCUT2D eigenvalue weighted by molar-refractivity contribution is 6.18. The molecule has 1 fully saturated rings. The van der Waals surface area contributed by atoms with Crippen molar-refractivity contribution < 1.29 is 23.9 Å². The quantitative estimate of drug-likeness (QED) is 0.687. The second-order valence-corrected chi connectivity index (χ2v) is 4.61. The number of urea groups is 1. The summed E-state index contributed by atoms with van der Waals surface area (Å²) in [6.07, 6.45) is -0.422. The number of carbonyl (C=O) groups is 3. The topological polar surface area (TPSA) is 84.9 Å². The number of ether oxygens (including phenoxy) is 2. The van der Waals surface area contributed by atoms with E-state index in [0.29, 0.717) is 0 Å². The molecule has 1 atom stereocenters. The summed E-state index contributed by atoms with van der Waals surface area (Å²) < 4.78 is 10.0. The smallest absolute Gasteiger partial charge is 0.330 e. The van der Waals surface area contributed by atoms with Gasteiger partial charge in [-0.2, -0.15) is 0 Å². The van der Waals surface area contributed by atoms with Crippen LogP contribution in [-0.2, 0) is 19.1 Å². The van der Waals surface area contributed by atoms with Gasteiger partial charge in [0.15, 0.2) is 0 Å². The molecule has 0 aromatic rings. The maximum absolute atomic E-state index is 12.1. The summed E-state index contributed by atoms with van der Waals surface area (Å²) in [5, 5.41) is 2.15. The van der Waals surface area contributed by atoms with Crippen molar-refractivity contribution in [2.45, 2.75) is 20.0 Å². The first-order valence-corrected chi connectivity index (χ1v) is 5.53. The average molecular weight is 258 g/mol. The summed E-state index contributed by atoms with van der Waals surface area (Å²) in [5.74, 6) is -1.12. The van der Waals surface area contributed by atoms with Crippen LogP contribution in [0.1, 0.15) is 13.8 Å². The Morgan fingerprint density at radius 1 is 1.28 bits per heavy atom. The third kappa shape index (κ3) is 2.68. The van der Waals surface area contributed by atoms with Gasteiger partial charge in [0.05, 0.1) is 19.3 Å². The highest BCUT2D eigenvalue weighted by Crippen LogP contribution is 2.23. The van der Waals surface area contributed by atoms with Crippen molar-refractivity contribution in [3.63, 3.8) is 0 Å². The molecule has 7 heteroatoms. The van der Waals surface area contributed by atoms with Crippen LogP contribution < -0.4 is 5.32 Å². The Hall–Kier alpha value is -1.47. The van der Waals surface area contributed by atoms with Crippen LogP contribution in [0.5, 0.6) is 0 Å². The first-order chi connectivity index (χ1) is 8.34. The molecule has 4 amide bonds. The van der Waals surface area contributed by atoms with Gasteiger partial charge in [0.2, 0.25) is 11.8 Å². The SMILES string of the molecule is COCC(CN1C(=O)NC(=O)C(C)(C)C1=O)OC. The predicted octanol–water partition coefficient (Wildman–Crippen LogP) is -0.248. The third-order valence-corrected chi connectivity index (χ3v) is 2.89. The molecule has 0 radical (unpaired) electrons. The number of rotatable bonds is 5. The number of hydrogen-bond donors (Lipinski definition) is 1. The summed E-state index contributed by atoms with van der Waals surface area (Å²) >= 11 is 0. The van der Waals surface area contributed by atoms with E-state index in [1.54, 1.807) is 0 Å². The van der Waals surface area contributed by atoms with Gasteiger partial charge in [0, 0.05) is 14.2 Å². The van der Waals surface area contributed by atoms with Gasteiger partial charge < -0.3 is 9.47 Å². The lowest BCUT2D eigenvalue weighted by atomic mass is 9.88. The van der Waals surface area contributed by atoms with Crippen molar-refractivity contribution in [1.29, 1.82) is 0 Å². The van der Waals surface area contributed by atoms with Crippen LogP contribution in [0.15, 0.2) is 0 Å². The first kappa shape index (κ1) is 14.6. The van der Waals surface area contributed by atoms with Gasteiger partial charge in [-0.1, -0.05) is 0 Å². The Balaban J connectivity index is 2.84. The Kier molecular flexibility index (Phi) is 4.42. The fourth-order valence-corrected chi connectivity index (χ4v) is 1.60. The molecule has 1 N–H and O–H groups in total. The van der Waals surface area contributed by atoms with Gasteiger partial charge >= 0.3 is 6.03 Å². The summed E-state index contributed by atoms with van der Waals surface area (Å²) in [7, 11) is 2.96. The van der Waals surface area contributed by atoms with Crippen molar-refractivity contribution in [3.8, 4) is 0 Å². The van der Waals surface area contributed by atoms with Crippen molar-refractivity contribution in [3.05, 3.63) is 0 Å². The largest absolute Gasteiger partial charge is 0.382 e. The molecule has 102 valence electrons. The summed E-state index contributed by atoms with van der Waals surface area (Å²) in [5.41, 5.74) is -1.25. The monoisotopic (exact) mass is 258 g/mol. The van der Waals surface area contributed by atoms with Crippen molar-refractivity contribution >= 4 is 17.8 Å². The second kappa shape index (κ2) is 5.45. The molecule has 7 nitrogen and oxygen atoms in total. The van der Waals surface area contributed by atoms with E-state index < -0.39 is 29.4 Å². The fourth-order valence-electron chi connectivity index (χ4n) is 1.60. The zero-order valence-electron chi connectivity index (χ0n) is 11.0. The van der Waals surface area contributed by atoms with Crippen LogP contribution in [0, 0.1) is 5.41 Å². The minimum Gasteiger partial charge on any atom is -0.382 e. The Bertz CT molecular complexity index is 366. The van der Waals surface area contributed by atoms with E-state index in [1.165, 1.54) is 28.1 Å². The number of methoxy groups -OCH3 is 2. The molecule has 1 saturated heterocycles. The Morgan fingerprint density at radius 2 is 1.89 bits per heavy atom. The zero-order chi connectivity index (χ0) is 13.9. The molecule has 0 aliphatic carbocycles. The number of barbiturate groups is 1. The van der Waals surface area contributed by atoms with Crippen molar-refractivity contribution in [2.75, 3.05) is 27.4 Å². The number of nitrogens with zero attached hydrogens (tertiary/aromatic N) is 1. The van der Waals surface area contributed by atoms with E-state index in [1.807, 2.05) is 0 Å². The summed E-state index contributed by atoms with van der Waals surface area (Å²) in [4.78, 5) is 36.2. The minimum absolute atomic E-state index is 0.0473. The van der Waals surface area contributed by atoms with Gasteiger partial charge in [0.25, 0.3) is 0 Å². The number of amides is 4. The molecule has 1 unspecified atom stereocenters. The van der Waals surface area contributed by atoms with Gasteiger partial charge in [0.1, 0.15) is 5.41 Å². The first-order valence-electron chi connectivity index (χ1n) is 5.53. The summed E-state index contributed by atoms with van der Waals surface area (Å²) in [6, 6.07) is -0.720. The van der Waals surface area contributed by atoms with E-state index in [2.05, 4.69) is 5.32 Å². The normalized spacial score (nSPS) is 20.9. The average Bonchev–Trinajstić information content (AvgIpc) is 2.31. The molecular formula is C11H18N2O5. The van der Waals surface area contributed by atoms with E-state index in [-0.39, 0.29) is 13.2 Å². The Morgan fingerprint density at radius 3 is 2.39 bits per heavy atom. The predicted molar refractivity (Wildman–Crippen MR) is 61.7 cm³/mol. The van der Waals surface area contributed by atoms with Crippen LogP contribution in [-0.4, -0.2) is 56.2 Å². The van der Waals surface area contributed by atoms with Crippen LogP contribution in [0.2, 0.25) is 0 Å². The number of hydrogen-bond acceptors (Lipinski definition) is 5. The molecule has 1 heterocycles. The lowest BCUT2D eigenvalue weighted by Crippen LogP contribution is -2.63. The molecule has 0 bridgehead atoms. The van der Waals surface area contributed by atoms with Crippen LogP contribution in [0.4, 0.5) is 4.79 Å². The number of imide groups is 2. The zero-order valence-corrected chi connectivity index (χ0v) is 11.0. The molecule has 1 aliphatic rings. The minimum atomic E-state index is -1.25. The lowest BCUT2D eigenvalue weighted by molar-refractivity contribution is -0.150. The van der Waals surface area contributed by atoms with Crippen LogP contribution in [0.25, 0.3) is 0 Å². The molecule has 0 spiro atoms. The number of nitrogens with one attached hydrogen (secondary N) is 1. The second-order valence-electron chi connectivity index (χ2n) is 4.61. The summed E-state index contributed by atoms with van der Waals surface area (Å²) in [6.45, 7) is 3.25. The Labute approximate surface area is 105 Å². The maximum atomic E-state index is 12.1. The van der Waals surface area contributed by atoms with E-state index in [4.69, 9.17) is 9.47 Å². The molecule has 1 rings (SSSR count). The maximum Gasteiger partial charge on any atom is 0.330 e. The highest BCUT2D eigenvalue weighted by Gasteiger charge is 2.47. The van der Waals surface area contributed by atoms with Crippen molar-refractivity contribution in [2.24, 2.45) is 5.41 Å². The third-order valence-electron chi connectivity index (χ3n) is 2.89. The molecule has 0 saturated carbocycles. The standard InChI is InChI=1S/C11H18N2O5/c1-11(2)8(14)12-10(16)13(9(11)15)5-7(18-4)6-17-3/h7H,5-6H2,1-4H3,(H,12,14,16). The highest BCUT2D eigenvalue weighted by atomic mass is 16.5. The molecular weight excluding hydrogens is 240 g/mol. The van der Waals surface area contributed by atoms with Gasteiger partial charge in [-0.05, 0) is 13.8 Å². The molecule has 1 aliphatic heterocycles. The van der Waals surface area contributed by atoms with Gasteiger partial charge in [-0.3, -0.25) is 19.8 Å². The lowest BCUT2D eigenvalue weighted by Gasteiger charge is -2.35. The van der Waals surface area contributed by atoms with Crippen LogP contribution >= 0.6 is 0 Å². The van der Waals surface area contributed by atoms with Crippen LogP contribution in [0.3, 0.4) is 0 Å². The van der Waals surface area contributed by atoms with E-state index >= 15 is 0 Å². The molecule has 18 heavy (non-hydrogen) atoms. The van der Waals surface area contributed by atoms with E-state index in [0.717, 1.165) is 4.90 Å². The van der Waals surface area contributed by atoms with E-state index in [9.17, 15) is 14.4 Å².